The lowest BCUT2D eigenvalue weighted by molar-refractivity contribution is 0.0988. The fourth-order valence-corrected chi connectivity index (χ4v) is 2.79. The van der Waals surface area contributed by atoms with Gasteiger partial charge in [0.1, 0.15) is 18.1 Å². The summed E-state index contributed by atoms with van der Waals surface area (Å²) in [7, 11) is 0. The van der Waals surface area contributed by atoms with Crippen LogP contribution in [0.25, 0.3) is 11.3 Å². The van der Waals surface area contributed by atoms with E-state index in [1.807, 2.05) is 55.6 Å². The molecule has 146 valence electrons. The van der Waals surface area contributed by atoms with Crippen molar-refractivity contribution in [3.63, 3.8) is 0 Å². The van der Waals surface area contributed by atoms with Crippen LogP contribution in [0.3, 0.4) is 0 Å². The van der Waals surface area contributed by atoms with Crippen molar-refractivity contribution in [2.75, 3.05) is 11.9 Å². The number of nitrogens with zero attached hydrogens (tertiary/aromatic N) is 3. The monoisotopic (exact) mass is 388 g/mol. The first kappa shape index (κ1) is 18.5. The summed E-state index contributed by atoms with van der Waals surface area (Å²) in [6.07, 6.45) is 3.60. The number of benzene rings is 2. The first-order chi connectivity index (χ1) is 14.2. The number of carbonyl (C=O) groups excluding carboxylic acids is 1. The summed E-state index contributed by atoms with van der Waals surface area (Å²) in [5.41, 5.74) is 3.28. The van der Waals surface area contributed by atoms with Crippen molar-refractivity contribution in [2.45, 2.75) is 13.5 Å². The van der Waals surface area contributed by atoms with Crippen LogP contribution in [0.1, 0.15) is 16.1 Å². The second-order valence-corrected chi connectivity index (χ2v) is 6.54. The van der Waals surface area contributed by atoms with Gasteiger partial charge in [0.2, 0.25) is 5.76 Å². The Hall–Kier alpha value is -3.87. The molecule has 1 N–H and O–H groups in total. The zero-order chi connectivity index (χ0) is 20.1. The van der Waals surface area contributed by atoms with Crippen LogP contribution in [-0.2, 0) is 6.54 Å². The molecule has 0 bridgehead atoms. The zero-order valence-corrected chi connectivity index (χ0v) is 15.9. The normalized spacial score (nSPS) is 10.7. The van der Waals surface area contributed by atoms with Crippen LogP contribution < -0.4 is 10.1 Å². The average Bonchev–Trinajstić information content (AvgIpc) is 3.41. The van der Waals surface area contributed by atoms with E-state index < -0.39 is 0 Å². The van der Waals surface area contributed by atoms with Crippen molar-refractivity contribution in [3.05, 3.63) is 84.4 Å². The lowest BCUT2D eigenvalue weighted by Crippen LogP contribution is -2.11. The van der Waals surface area contributed by atoms with Crippen LogP contribution in [0.15, 0.2) is 77.6 Å². The van der Waals surface area contributed by atoms with Gasteiger partial charge >= 0.3 is 0 Å². The van der Waals surface area contributed by atoms with Crippen molar-refractivity contribution in [3.8, 4) is 17.0 Å². The second kappa shape index (κ2) is 8.43. The average molecular weight is 388 g/mol. The van der Waals surface area contributed by atoms with Gasteiger partial charge in [0.05, 0.1) is 6.54 Å². The van der Waals surface area contributed by atoms with Crippen molar-refractivity contribution in [2.24, 2.45) is 0 Å². The Labute approximate surface area is 167 Å². The summed E-state index contributed by atoms with van der Waals surface area (Å²) in [6.45, 7) is 3.13. The van der Waals surface area contributed by atoms with E-state index in [9.17, 15) is 4.79 Å². The molecule has 7 nitrogen and oxygen atoms in total. The Morgan fingerprint density at radius 3 is 2.79 bits per heavy atom. The summed E-state index contributed by atoms with van der Waals surface area (Å²) in [5.74, 6) is 0.433. The Kier molecular flexibility index (Phi) is 5.38. The fourth-order valence-electron chi connectivity index (χ4n) is 2.79. The van der Waals surface area contributed by atoms with Gasteiger partial charge < -0.3 is 14.6 Å². The highest BCUT2D eigenvalue weighted by molar-refractivity contribution is 6.02. The molecule has 0 saturated carbocycles. The Morgan fingerprint density at radius 1 is 1.14 bits per heavy atom. The fraction of sp³-hybridized carbons (Fsp3) is 0.136. The third-order valence-electron chi connectivity index (χ3n) is 4.32. The zero-order valence-electron chi connectivity index (χ0n) is 15.9. The molecule has 0 atom stereocenters. The third-order valence-corrected chi connectivity index (χ3v) is 4.32. The van der Waals surface area contributed by atoms with E-state index >= 15 is 0 Å². The van der Waals surface area contributed by atoms with E-state index in [4.69, 9.17) is 9.26 Å². The van der Waals surface area contributed by atoms with Crippen molar-refractivity contribution in [1.29, 1.82) is 0 Å². The maximum atomic E-state index is 12.5. The quantitative estimate of drug-likeness (QED) is 0.514. The van der Waals surface area contributed by atoms with Gasteiger partial charge in [0, 0.05) is 35.8 Å². The summed E-state index contributed by atoms with van der Waals surface area (Å²) in [6, 6.07) is 18.6. The van der Waals surface area contributed by atoms with E-state index in [0.29, 0.717) is 30.3 Å². The largest absolute Gasteiger partial charge is 0.492 e. The Balaban J connectivity index is 1.37. The summed E-state index contributed by atoms with van der Waals surface area (Å²) < 4.78 is 12.7. The number of ether oxygens (including phenoxy) is 1. The Morgan fingerprint density at radius 2 is 2.00 bits per heavy atom. The molecule has 0 unspecified atom stereocenters. The third kappa shape index (κ3) is 4.70. The van der Waals surface area contributed by atoms with E-state index in [2.05, 4.69) is 15.6 Å². The number of nitrogens with one attached hydrogen (secondary N) is 1. The predicted molar refractivity (Wildman–Crippen MR) is 109 cm³/mol. The lowest BCUT2D eigenvalue weighted by atomic mass is 10.1. The van der Waals surface area contributed by atoms with Crippen molar-refractivity contribution < 1.29 is 14.1 Å². The minimum Gasteiger partial charge on any atom is -0.492 e. The molecule has 4 aromatic rings. The number of rotatable bonds is 7. The SMILES string of the molecule is Cc1ccc(-c2cc(C(=O)Nc3cccc(OCCn4cccn4)c3)on2)cc1. The van der Waals surface area contributed by atoms with E-state index in [1.165, 1.54) is 0 Å². The molecule has 7 heteroatoms. The van der Waals surface area contributed by atoms with Crippen LogP contribution in [0.4, 0.5) is 5.69 Å². The van der Waals surface area contributed by atoms with Gasteiger partial charge in [-0.05, 0) is 25.1 Å². The van der Waals surface area contributed by atoms with E-state index in [-0.39, 0.29) is 11.7 Å². The molecule has 0 spiro atoms. The first-order valence-corrected chi connectivity index (χ1v) is 9.23. The van der Waals surface area contributed by atoms with Gasteiger partial charge in [-0.3, -0.25) is 9.48 Å². The molecule has 2 heterocycles. The highest BCUT2D eigenvalue weighted by Gasteiger charge is 2.14. The molecule has 2 aromatic heterocycles. The van der Waals surface area contributed by atoms with Crippen LogP contribution in [0, 0.1) is 6.92 Å². The smallest absolute Gasteiger partial charge is 0.294 e. The number of hydrogen-bond donors (Lipinski definition) is 1. The van der Waals surface area contributed by atoms with Gasteiger partial charge in [0.25, 0.3) is 5.91 Å². The molecular weight excluding hydrogens is 368 g/mol. The molecule has 4 rings (SSSR count). The molecule has 0 aliphatic heterocycles. The Bertz CT molecular complexity index is 1090. The number of anilines is 1. The first-order valence-electron chi connectivity index (χ1n) is 9.23. The van der Waals surface area contributed by atoms with Gasteiger partial charge in [-0.25, -0.2) is 0 Å². The van der Waals surface area contributed by atoms with Gasteiger partial charge in [-0.1, -0.05) is 41.1 Å². The molecule has 1 amide bonds. The molecule has 0 aliphatic carbocycles. The predicted octanol–water partition coefficient (Wildman–Crippen LogP) is 4.18. The summed E-state index contributed by atoms with van der Waals surface area (Å²) in [5, 5.41) is 10.9. The number of hydrogen-bond acceptors (Lipinski definition) is 5. The molecule has 29 heavy (non-hydrogen) atoms. The molecule has 2 aromatic carbocycles. The van der Waals surface area contributed by atoms with Gasteiger partial charge in [-0.15, -0.1) is 0 Å². The van der Waals surface area contributed by atoms with Crippen LogP contribution in [0.2, 0.25) is 0 Å². The summed E-state index contributed by atoms with van der Waals surface area (Å²) >= 11 is 0. The van der Waals surface area contributed by atoms with Crippen molar-refractivity contribution in [1.82, 2.24) is 14.9 Å². The summed E-state index contributed by atoms with van der Waals surface area (Å²) in [4.78, 5) is 12.5. The number of amides is 1. The molecule has 0 radical (unpaired) electrons. The van der Waals surface area contributed by atoms with E-state index in [0.717, 1.165) is 11.1 Å². The van der Waals surface area contributed by atoms with Crippen LogP contribution in [-0.4, -0.2) is 27.5 Å². The van der Waals surface area contributed by atoms with Crippen molar-refractivity contribution >= 4 is 11.6 Å². The maximum absolute atomic E-state index is 12.5. The highest BCUT2D eigenvalue weighted by atomic mass is 16.5. The highest BCUT2D eigenvalue weighted by Crippen LogP contribution is 2.22. The molecule has 0 saturated heterocycles. The lowest BCUT2D eigenvalue weighted by Gasteiger charge is -2.08. The minimum atomic E-state index is -0.371. The second-order valence-electron chi connectivity index (χ2n) is 6.54. The standard InChI is InChI=1S/C22H20N4O3/c1-16-6-8-17(9-7-16)20-15-21(29-25-20)22(27)24-18-4-2-5-19(14-18)28-13-12-26-11-3-10-23-26/h2-11,14-15H,12-13H2,1H3,(H,24,27). The van der Waals surface area contributed by atoms with Crippen LogP contribution >= 0.6 is 0 Å². The molecule has 0 aliphatic rings. The number of aromatic nitrogens is 3. The van der Waals surface area contributed by atoms with E-state index in [1.54, 1.807) is 29.1 Å². The van der Waals surface area contributed by atoms with Crippen LogP contribution in [0.5, 0.6) is 5.75 Å². The van der Waals surface area contributed by atoms with Gasteiger partial charge in [-0.2, -0.15) is 5.10 Å². The molecular formula is C22H20N4O3. The maximum Gasteiger partial charge on any atom is 0.294 e. The van der Waals surface area contributed by atoms with Gasteiger partial charge in [0.15, 0.2) is 0 Å². The topological polar surface area (TPSA) is 82.2 Å². The molecule has 0 fully saturated rings. The number of carbonyl (C=O) groups is 1. The minimum absolute atomic E-state index is 0.144. The number of aryl methyl sites for hydroxylation is 1.